The van der Waals surface area contributed by atoms with Gasteiger partial charge in [-0.05, 0) is 18.9 Å². The molecule has 0 aliphatic carbocycles. The van der Waals surface area contributed by atoms with Crippen molar-refractivity contribution in [3.8, 4) is 0 Å². The van der Waals surface area contributed by atoms with E-state index in [1.807, 2.05) is 0 Å². The van der Waals surface area contributed by atoms with Gasteiger partial charge in [0.15, 0.2) is 11.6 Å². The first-order valence-electron chi connectivity index (χ1n) is 9.40. The quantitative estimate of drug-likeness (QED) is 0.659. The summed E-state index contributed by atoms with van der Waals surface area (Å²) in [5, 5.41) is 12.9. The highest BCUT2D eigenvalue weighted by Crippen LogP contribution is 2.32. The first-order chi connectivity index (χ1) is 14.0. The predicted molar refractivity (Wildman–Crippen MR) is 105 cm³/mol. The Morgan fingerprint density at radius 3 is 3.00 bits per heavy atom. The van der Waals surface area contributed by atoms with Crippen LogP contribution in [0.2, 0.25) is 0 Å². The van der Waals surface area contributed by atoms with Gasteiger partial charge in [-0.2, -0.15) is 5.10 Å². The topological polar surface area (TPSA) is 104 Å². The number of hydrogen-bond acceptors (Lipinski definition) is 6. The van der Waals surface area contributed by atoms with E-state index in [1.54, 1.807) is 29.0 Å². The van der Waals surface area contributed by atoms with Crippen LogP contribution in [0.15, 0.2) is 25.0 Å². The van der Waals surface area contributed by atoms with Crippen LogP contribution >= 0.6 is 0 Å². The van der Waals surface area contributed by atoms with E-state index in [2.05, 4.69) is 32.6 Å². The molecule has 1 fully saturated rings. The van der Waals surface area contributed by atoms with Crippen LogP contribution in [0.25, 0.3) is 0 Å². The molecule has 4 heterocycles. The standard InChI is InChI=1S/C19H22FN7O2/c1-3-14(28)27-6-4-5-11(10-27)23-18-16(20)13-8-21-19(29)15(13)17(25-18)24-12-7-22-26(2)9-12/h3,7,9,11H,1,4-6,8,10H2,2H3,(H,21,29)(H2,23,24,25). The Kier molecular flexibility index (Phi) is 4.91. The van der Waals surface area contributed by atoms with Gasteiger partial charge in [0.2, 0.25) is 5.91 Å². The molecule has 2 aromatic rings. The molecule has 10 heteroatoms. The molecule has 2 aliphatic rings. The number of rotatable bonds is 5. The molecule has 1 saturated heterocycles. The molecule has 1 unspecified atom stereocenters. The third-order valence-corrected chi connectivity index (χ3v) is 5.10. The van der Waals surface area contributed by atoms with E-state index in [-0.39, 0.29) is 47.2 Å². The molecule has 2 aliphatic heterocycles. The van der Waals surface area contributed by atoms with Crippen molar-refractivity contribution >= 4 is 29.1 Å². The number of aryl methyl sites for hydroxylation is 1. The Hall–Kier alpha value is -3.43. The van der Waals surface area contributed by atoms with Gasteiger partial charge < -0.3 is 20.9 Å². The van der Waals surface area contributed by atoms with Crippen molar-refractivity contribution in [2.45, 2.75) is 25.4 Å². The second-order valence-corrected chi connectivity index (χ2v) is 7.16. The summed E-state index contributed by atoms with van der Waals surface area (Å²) in [5.41, 5.74) is 1.11. The summed E-state index contributed by atoms with van der Waals surface area (Å²) in [6, 6.07) is -0.149. The second-order valence-electron chi connectivity index (χ2n) is 7.16. The maximum atomic E-state index is 15.1. The number of nitrogens with zero attached hydrogens (tertiary/aromatic N) is 4. The van der Waals surface area contributed by atoms with E-state index in [0.717, 1.165) is 12.8 Å². The molecule has 0 radical (unpaired) electrons. The number of likely N-dealkylation sites (tertiary alicyclic amines) is 1. The largest absolute Gasteiger partial charge is 0.363 e. The molecule has 2 aromatic heterocycles. The Morgan fingerprint density at radius 2 is 2.28 bits per heavy atom. The third-order valence-electron chi connectivity index (χ3n) is 5.10. The van der Waals surface area contributed by atoms with Gasteiger partial charge in [-0.25, -0.2) is 9.37 Å². The summed E-state index contributed by atoms with van der Waals surface area (Å²) in [5.74, 6) is -0.745. The number of carbonyl (C=O) groups is 2. The van der Waals surface area contributed by atoms with Gasteiger partial charge >= 0.3 is 0 Å². The number of piperidine rings is 1. The van der Waals surface area contributed by atoms with Crippen LogP contribution < -0.4 is 16.0 Å². The average molecular weight is 399 g/mol. The van der Waals surface area contributed by atoms with E-state index < -0.39 is 5.82 Å². The van der Waals surface area contributed by atoms with Crippen LogP contribution in [0.1, 0.15) is 28.8 Å². The highest BCUT2D eigenvalue weighted by Gasteiger charge is 2.31. The summed E-state index contributed by atoms with van der Waals surface area (Å²) < 4.78 is 16.7. The summed E-state index contributed by atoms with van der Waals surface area (Å²) in [7, 11) is 1.77. The molecule has 9 nitrogen and oxygen atoms in total. The minimum absolute atomic E-state index is 0.0598. The molecular weight excluding hydrogens is 377 g/mol. The monoisotopic (exact) mass is 399 g/mol. The lowest BCUT2D eigenvalue weighted by molar-refractivity contribution is -0.127. The van der Waals surface area contributed by atoms with Crippen LogP contribution in [0.4, 0.5) is 21.7 Å². The molecule has 0 aromatic carbocycles. The van der Waals surface area contributed by atoms with Crippen LogP contribution in [0.5, 0.6) is 0 Å². The molecule has 4 rings (SSSR count). The minimum Gasteiger partial charge on any atom is -0.363 e. The van der Waals surface area contributed by atoms with E-state index in [4.69, 9.17) is 0 Å². The Labute approximate surface area is 167 Å². The smallest absolute Gasteiger partial charge is 0.255 e. The number of anilines is 3. The zero-order valence-corrected chi connectivity index (χ0v) is 16.0. The maximum Gasteiger partial charge on any atom is 0.255 e. The number of hydrogen-bond donors (Lipinski definition) is 3. The lowest BCUT2D eigenvalue weighted by Gasteiger charge is -2.33. The van der Waals surface area contributed by atoms with Gasteiger partial charge in [0.25, 0.3) is 5.91 Å². The zero-order valence-electron chi connectivity index (χ0n) is 16.0. The van der Waals surface area contributed by atoms with Crippen molar-refractivity contribution in [3.63, 3.8) is 0 Å². The number of aromatic nitrogens is 3. The van der Waals surface area contributed by atoms with Crippen LogP contribution in [-0.4, -0.2) is 50.6 Å². The van der Waals surface area contributed by atoms with E-state index in [9.17, 15) is 9.59 Å². The summed E-state index contributed by atoms with van der Waals surface area (Å²) in [4.78, 5) is 30.2. The minimum atomic E-state index is -0.553. The highest BCUT2D eigenvalue weighted by atomic mass is 19.1. The summed E-state index contributed by atoms with van der Waals surface area (Å²) in [6.45, 7) is 4.71. The van der Waals surface area contributed by atoms with E-state index in [0.29, 0.717) is 18.8 Å². The maximum absolute atomic E-state index is 15.1. The second kappa shape index (κ2) is 7.53. The van der Waals surface area contributed by atoms with Gasteiger partial charge in [0, 0.05) is 44.5 Å². The average Bonchev–Trinajstić information content (AvgIpc) is 3.30. The number of fused-ring (bicyclic) bond motifs is 1. The fourth-order valence-electron chi connectivity index (χ4n) is 3.71. The Balaban J connectivity index is 1.63. The molecule has 152 valence electrons. The van der Waals surface area contributed by atoms with Gasteiger partial charge in [-0.15, -0.1) is 0 Å². The SMILES string of the molecule is C=CC(=O)N1CCCC(Nc2nc(Nc3cnn(C)c3)c3c(c2F)CNC3=O)C1. The fourth-order valence-corrected chi connectivity index (χ4v) is 3.71. The van der Waals surface area contributed by atoms with Crippen LogP contribution in [0, 0.1) is 5.82 Å². The fraction of sp³-hybridized carbons (Fsp3) is 0.368. The molecular formula is C19H22FN7O2. The van der Waals surface area contributed by atoms with Crippen molar-refractivity contribution in [3.05, 3.63) is 42.0 Å². The van der Waals surface area contributed by atoms with Crippen molar-refractivity contribution in [2.24, 2.45) is 7.05 Å². The Bertz CT molecular complexity index is 987. The molecule has 0 spiro atoms. The molecule has 1 atom stereocenters. The summed E-state index contributed by atoms with van der Waals surface area (Å²) in [6.07, 6.45) is 6.19. The number of nitrogens with one attached hydrogen (secondary N) is 3. The first kappa shape index (κ1) is 18.9. The molecule has 29 heavy (non-hydrogen) atoms. The van der Waals surface area contributed by atoms with Gasteiger partial charge in [-0.1, -0.05) is 6.58 Å². The molecule has 3 N–H and O–H groups in total. The van der Waals surface area contributed by atoms with Gasteiger partial charge in [0.1, 0.15) is 5.82 Å². The van der Waals surface area contributed by atoms with Crippen molar-refractivity contribution in [1.29, 1.82) is 0 Å². The summed E-state index contributed by atoms with van der Waals surface area (Å²) >= 11 is 0. The van der Waals surface area contributed by atoms with Crippen LogP contribution in [0.3, 0.4) is 0 Å². The lowest BCUT2D eigenvalue weighted by Crippen LogP contribution is -2.44. The van der Waals surface area contributed by atoms with Gasteiger partial charge in [0.05, 0.1) is 17.4 Å². The molecule has 0 bridgehead atoms. The van der Waals surface area contributed by atoms with Gasteiger partial charge in [-0.3, -0.25) is 14.3 Å². The normalized spacial score (nSPS) is 18.2. The number of amides is 2. The Morgan fingerprint density at radius 1 is 1.45 bits per heavy atom. The van der Waals surface area contributed by atoms with Crippen molar-refractivity contribution < 1.29 is 14.0 Å². The molecule has 0 saturated carbocycles. The van der Waals surface area contributed by atoms with Crippen molar-refractivity contribution in [2.75, 3.05) is 23.7 Å². The number of carbonyl (C=O) groups excluding carboxylic acids is 2. The highest BCUT2D eigenvalue weighted by molar-refractivity contribution is 6.03. The third kappa shape index (κ3) is 3.65. The molecule has 2 amide bonds. The van der Waals surface area contributed by atoms with E-state index in [1.165, 1.54) is 6.08 Å². The van der Waals surface area contributed by atoms with Crippen molar-refractivity contribution in [1.82, 2.24) is 25.0 Å². The van der Waals surface area contributed by atoms with Crippen LogP contribution in [-0.2, 0) is 18.4 Å². The number of pyridine rings is 1. The van der Waals surface area contributed by atoms with E-state index >= 15 is 4.39 Å². The zero-order chi connectivity index (χ0) is 20.5. The lowest BCUT2D eigenvalue weighted by atomic mass is 10.0. The first-order valence-corrected chi connectivity index (χ1v) is 9.40. The number of halogens is 1. The predicted octanol–water partition coefficient (Wildman–Crippen LogP) is 1.53.